The molecule has 4 heterocycles. The predicted octanol–water partition coefficient (Wildman–Crippen LogP) is 3.72. The first-order valence-electron chi connectivity index (χ1n) is 15.8. The van der Waals surface area contributed by atoms with Gasteiger partial charge in [-0.15, -0.1) is 0 Å². The van der Waals surface area contributed by atoms with Crippen molar-refractivity contribution < 1.29 is 29.0 Å². The standard InChI is InChI=1S/C35H41N3O6/c1-2-43-27-17-15-26(16-18-27)37-22-10-14-28-29(32(37)40)30-33(41)38(21-8-3-4-9-23-39)31-34(42)36(20-11-19-35(30,31)44-28)24-25-12-6-5-7-13-25/h5-7,10-19,28-31,39H,2-4,8-9,20-24H2,1H3/t28-,29+,30-,31?,35-/m0/s1. The second-order valence-corrected chi connectivity index (χ2v) is 11.9. The Morgan fingerprint density at radius 2 is 1.68 bits per heavy atom. The quantitative estimate of drug-likeness (QED) is 0.312. The average molecular weight is 600 g/mol. The van der Waals surface area contributed by atoms with E-state index in [0.717, 1.165) is 24.2 Å². The summed E-state index contributed by atoms with van der Waals surface area (Å²) in [5, 5.41) is 9.21. The zero-order valence-electron chi connectivity index (χ0n) is 25.2. The minimum atomic E-state index is -1.25. The normalized spacial score (nSPS) is 27.7. The van der Waals surface area contributed by atoms with E-state index < -0.39 is 29.6 Å². The first-order chi connectivity index (χ1) is 21.5. The number of benzene rings is 2. The Kier molecular flexibility index (Phi) is 8.86. The summed E-state index contributed by atoms with van der Waals surface area (Å²) in [6, 6.07) is 16.3. The Balaban J connectivity index is 1.33. The number of hydrogen-bond donors (Lipinski definition) is 1. The van der Waals surface area contributed by atoms with Gasteiger partial charge in [0.15, 0.2) is 0 Å². The van der Waals surface area contributed by atoms with E-state index in [4.69, 9.17) is 9.47 Å². The Hall–Kier alpha value is -3.95. The summed E-state index contributed by atoms with van der Waals surface area (Å²) in [6.07, 6.45) is 10.1. The number of amides is 3. The molecule has 0 aromatic heterocycles. The van der Waals surface area contributed by atoms with Crippen molar-refractivity contribution in [3.63, 3.8) is 0 Å². The summed E-state index contributed by atoms with van der Waals surface area (Å²) in [4.78, 5) is 48.4. The van der Waals surface area contributed by atoms with Crippen LogP contribution in [-0.2, 0) is 25.7 Å². The van der Waals surface area contributed by atoms with E-state index in [-0.39, 0.29) is 24.3 Å². The number of nitrogens with zero attached hydrogens (tertiary/aromatic N) is 3. The smallest absolute Gasteiger partial charge is 0.249 e. The highest BCUT2D eigenvalue weighted by molar-refractivity contribution is 6.03. The van der Waals surface area contributed by atoms with Crippen LogP contribution < -0.4 is 9.64 Å². The molecular formula is C35H41N3O6. The van der Waals surface area contributed by atoms with Gasteiger partial charge in [0.05, 0.1) is 24.5 Å². The highest BCUT2D eigenvalue weighted by atomic mass is 16.5. The Morgan fingerprint density at radius 1 is 0.909 bits per heavy atom. The van der Waals surface area contributed by atoms with Gasteiger partial charge in [-0.05, 0) is 49.6 Å². The molecule has 0 saturated carbocycles. The fraction of sp³-hybridized carbons (Fsp3) is 0.457. The van der Waals surface area contributed by atoms with E-state index in [0.29, 0.717) is 51.3 Å². The molecule has 6 rings (SSSR count). The van der Waals surface area contributed by atoms with E-state index in [1.54, 1.807) is 14.7 Å². The van der Waals surface area contributed by atoms with Gasteiger partial charge < -0.3 is 29.3 Å². The zero-order chi connectivity index (χ0) is 30.7. The molecule has 2 aromatic rings. The fourth-order valence-electron chi connectivity index (χ4n) is 7.24. The van der Waals surface area contributed by atoms with Crippen LogP contribution >= 0.6 is 0 Å². The van der Waals surface area contributed by atoms with Crippen LogP contribution in [0.2, 0.25) is 0 Å². The summed E-state index contributed by atoms with van der Waals surface area (Å²) >= 11 is 0. The SMILES string of the molecule is CCOc1ccc(N2CC=C[C@@H]3O[C@]45C=CCN(Cc6ccccc6)C(=O)C4N(CCCCCCO)C(=O)[C@@H]5[C@@H]3C2=O)cc1. The first kappa shape index (κ1) is 30.1. The summed E-state index contributed by atoms with van der Waals surface area (Å²) < 4.78 is 12.4. The molecule has 1 N–H and O–H groups in total. The number of aliphatic hydroxyl groups is 1. The van der Waals surface area contributed by atoms with Gasteiger partial charge in [0.2, 0.25) is 17.7 Å². The van der Waals surface area contributed by atoms with E-state index >= 15 is 0 Å². The van der Waals surface area contributed by atoms with Crippen molar-refractivity contribution >= 4 is 23.4 Å². The Bertz CT molecular complexity index is 1410. The maximum Gasteiger partial charge on any atom is 0.249 e. The molecule has 0 radical (unpaired) electrons. The number of aliphatic hydroxyl groups excluding tert-OH is 1. The molecule has 9 nitrogen and oxygen atoms in total. The van der Waals surface area contributed by atoms with Crippen molar-refractivity contribution in [2.75, 3.05) is 37.7 Å². The lowest BCUT2D eigenvalue weighted by Gasteiger charge is -2.35. The number of hydrogen-bond acceptors (Lipinski definition) is 6. The van der Waals surface area contributed by atoms with Crippen LogP contribution in [0.25, 0.3) is 0 Å². The highest BCUT2D eigenvalue weighted by Gasteiger charge is 2.71. The van der Waals surface area contributed by atoms with Crippen LogP contribution in [0.3, 0.4) is 0 Å². The zero-order valence-corrected chi connectivity index (χ0v) is 25.2. The van der Waals surface area contributed by atoms with Crippen molar-refractivity contribution in [1.29, 1.82) is 0 Å². The van der Waals surface area contributed by atoms with Crippen molar-refractivity contribution in [3.05, 3.63) is 84.5 Å². The molecule has 1 unspecified atom stereocenters. The van der Waals surface area contributed by atoms with Gasteiger partial charge in [-0.1, -0.05) is 67.5 Å². The number of rotatable bonds is 11. The molecular weight excluding hydrogens is 558 g/mol. The molecule has 4 aliphatic heterocycles. The third-order valence-corrected chi connectivity index (χ3v) is 9.22. The van der Waals surface area contributed by atoms with Crippen molar-refractivity contribution in [3.8, 4) is 5.75 Å². The van der Waals surface area contributed by atoms with Gasteiger partial charge in [0.1, 0.15) is 17.4 Å². The highest BCUT2D eigenvalue weighted by Crippen LogP contribution is 2.53. The van der Waals surface area contributed by atoms with Crippen molar-refractivity contribution in [2.24, 2.45) is 11.8 Å². The second-order valence-electron chi connectivity index (χ2n) is 11.9. The molecule has 44 heavy (non-hydrogen) atoms. The second kappa shape index (κ2) is 13.0. The first-order valence-corrected chi connectivity index (χ1v) is 15.8. The molecule has 2 aromatic carbocycles. The summed E-state index contributed by atoms with van der Waals surface area (Å²) in [5.41, 5.74) is 0.471. The van der Waals surface area contributed by atoms with Gasteiger partial charge in [-0.25, -0.2) is 0 Å². The lowest BCUT2D eigenvalue weighted by Crippen LogP contribution is -2.55. The fourth-order valence-corrected chi connectivity index (χ4v) is 7.24. The van der Waals surface area contributed by atoms with Crippen LogP contribution in [0.15, 0.2) is 78.9 Å². The molecule has 0 bridgehead atoms. The maximum absolute atomic E-state index is 14.5. The number of fused-ring (bicyclic) bond motifs is 2. The number of likely N-dealkylation sites (tertiary alicyclic amines) is 1. The van der Waals surface area contributed by atoms with Gasteiger partial charge in [0.25, 0.3) is 0 Å². The van der Waals surface area contributed by atoms with Gasteiger partial charge in [0, 0.05) is 38.5 Å². The topological polar surface area (TPSA) is 99.6 Å². The number of anilines is 1. The third-order valence-electron chi connectivity index (χ3n) is 9.22. The molecule has 0 aliphatic carbocycles. The van der Waals surface area contributed by atoms with Crippen LogP contribution in [0, 0.1) is 11.8 Å². The summed E-state index contributed by atoms with van der Waals surface area (Å²) in [7, 11) is 0. The molecule has 5 atom stereocenters. The van der Waals surface area contributed by atoms with Gasteiger partial charge >= 0.3 is 0 Å². The van der Waals surface area contributed by atoms with Crippen LogP contribution in [-0.4, -0.2) is 83.2 Å². The van der Waals surface area contributed by atoms with Crippen LogP contribution in [0.4, 0.5) is 5.69 Å². The lowest BCUT2D eigenvalue weighted by atomic mass is 9.77. The largest absolute Gasteiger partial charge is 0.494 e. The molecule has 232 valence electrons. The van der Waals surface area contributed by atoms with Crippen LogP contribution in [0.5, 0.6) is 5.75 Å². The molecule has 2 saturated heterocycles. The minimum Gasteiger partial charge on any atom is -0.494 e. The number of unbranched alkanes of at least 4 members (excludes halogenated alkanes) is 3. The minimum absolute atomic E-state index is 0.131. The lowest BCUT2D eigenvalue weighted by molar-refractivity contribution is -0.147. The van der Waals surface area contributed by atoms with Gasteiger partial charge in [-0.2, -0.15) is 0 Å². The Morgan fingerprint density at radius 3 is 2.43 bits per heavy atom. The van der Waals surface area contributed by atoms with Crippen molar-refractivity contribution in [2.45, 2.75) is 56.9 Å². The molecule has 4 aliphatic rings. The number of carbonyl (C=O) groups is 3. The third kappa shape index (κ3) is 5.43. The van der Waals surface area contributed by atoms with E-state index in [1.165, 1.54) is 0 Å². The summed E-state index contributed by atoms with van der Waals surface area (Å²) in [6.45, 7) is 4.14. The number of ether oxygens (including phenoxy) is 2. The van der Waals surface area contributed by atoms with E-state index in [2.05, 4.69) is 0 Å². The predicted molar refractivity (Wildman–Crippen MR) is 166 cm³/mol. The van der Waals surface area contributed by atoms with Gasteiger partial charge in [-0.3, -0.25) is 14.4 Å². The summed E-state index contributed by atoms with van der Waals surface area (Å²) in [5.74, 6) is -1.43. The molecule has 3 amide bonds. The molecule has 1 spiro atoms. The average Bonchev–Trinajstić information content (AvgIpc) is 3.35. The van der Waals surface area contributed by atoms with E-state index in [9.17, 15) is 19.5 Å². The Labute approximate surface area is 258 Å². The molecule has 9 heteroatoms. The van der Waals surface area contributed by atoms with Crippen LogP contribution in [0.1, 0.15) is 38.2 Å². The number of carbonyl (C=O) groups excluding carboxylic acids is 3. The molecule has 2 fully saturated rings. The monoisotopic (exact) mass is 599 g/mol. The maximum atomic E-state index is 14.5. The van der Waals surface area contributed by atoms with Crippen molar-refractivity contribution in [1.82, 2.24) is 9.80 Å². The van der Waals surface area contributed by atoms with E-state index in [1.807, 2.05) is 85.8 Å².